The van der Waals surface area contributed by atoms with Gasteiger partial charge in [0.2, 0.25) is 0 Å². The number of anilines is 1. The van der Waals surface area contributed by atoms with Gasteiger partial charge in [0, 0.05) is 46.7 Å². The molecule has 0 saturated heterocycles. The number of nitrogens with two attached hydrogens (primary N) is 1. The number of pyridine rings is 2. The summed E-state index contributed by atoms with van der Waals surface area (Å²) in [6.07, 6.45) is -1.06. The van der Waals surface area contributed by atoms with E-state index in [1.165, 1.54) is 24.3 Å². The zero-order valence-electron chi connectivity index (χ0n) is 24.2. The Morgan fingerprint density at radius 3 is 2.11 bits per heavy atom. The Balaban J connectivity index is 1.43. The quantitative estimate of drug-likeness (QED) is 0.169. The van der Waals surface area contributed by atoms with Crippen LogP contribution in [0.4, 0.5) is 19.0 Å². The average Bonchev–Trinajstić information content (AvgIpc) is 3.02. The number of carbonyl (C=O) groups is 1. The van der Waals surface area contributed by atoms with E-state index in [9.17, 15) is 22.8 Å². The van der Waals surface area contributed by atoms with Gasteiger partial charge in [-0.1, -0.05) is 54.1 Å². The topological polar surface area (TPSA) is 96.4 Å². The highest BCUT2D eigenvalue weighted by Crippen LogP contribution is 2.35. The van der Waals surface area contributed by atoms with Gasteiger partial charge in [0.25, 0.3) is 0 Å². The fourth-order valence-electron chi connectivity index (χ4n) is 4.93. The molecule has 0 unspecified atom stereocenters. The second-order valence-corrected chi connectivity index (χ2v) is 10.7. The lowest BCUT2D eigenvalue weighted by Crippen LogP contribution is -2.24. The minimum absolute atomic E-state index is 0.0329. The maximum atomic E-state index is 13.3. The minimum atomic E-state index is -4.56. The summed E-state index contributed by atoms with van der Waals surface area (Å²) in [5, 5.41) is 0.398. The smallest absolute Gasteiger partial charge is 0.406 e. The molecule has 0 aliphatic carbocycles. The molecule has 45 heavy (non-hydrogen) atoms. The maximum Gasteiger partial charge on any atom is 0.406 e. The van der Waals surface area contributed by atoms with Crippen molar-refractivity contribution in [3.05, 3.63) is 118 Å². The predicted molar refractivity (Wildman–Crippen MR) is 168 cm³/mol. The highest BCUT2D eigenvalue weighted by atomic mass is 35.5. The number of ketones is 1. The Kier molecular flexibility index (Phi) is 8.96. The zero-order valence-corrected chi connectivity index (χ0v) is 24.9. The van der Waals surface area contributed by atoms with E-state index in [0.717, 1.165) is 33.7 Å². The summed E-state index contributed by atoms with van der Waals surface area (Å²) in [6.45, 7) is -1.36. The predicted octanol–water partition coefficient (Wildman–Crippen LogP) is 7.48. The van der Waals surface area contributed by atoms with Crippen LogP contribution in [0.5, 0.6) is 11.5 Å². The van der Waals surface area contributed by atoms with Gasteiger partial charge >= 0.3 is 6.18 Å². The fourth-order valence-corrected chi connectivity index (χ4v) is 5.05. The molecule has 0 radical (unpaired) electrons. The zero-order chi connectivity index (χ0) is 32.3. The molecule has 7 nitrogen and oxygen atoms in total. The van der Waals surface area contributed by atoms with Crippen LogP contribution >= 0.6 is 11.6 Å². The van der Waals surface area contributed by atoms with Crippen LogP contribution in [0.3, 0.4) is 0 Å². The lowest BCUT2D eigenvalue weighted by Gasteiger charge is -2.14. The highest BCUT2D eigenvalue weighted by molar-refractivity contribution is 6.30. The van der Waals surface area contributed by atoms with Crippen LogP contribution < -0.4 is 20.6 Å². The van der Waals surface area contributed by atoms with E-state index in [1.807, 2.05) is 18.2 Å². The Morgan fingerprint density at radius 1 is 0.844 bits per heavy atom. The van der Waals surface area contributed by atoms with E-state index < -0.39 is 23.9 Å². The summed E-state index contributed by atoms with van der Waals surface area (Å²) < 4.78 is 51.4. The van der Waals surface area contributed by atoms with E-state index >= 15 is 0 Å². The number of methoxy groups -OCH3 is 2. The summed E-state index contributed by atoms with van der Waals surface area (Å²) in [6, 6.07) is 20.4. The monoisotopic (exact) mass is 633 g/mol. The number of Topliss-reactive ketones (excluding diaryl/α,β-unsaturated/α-hetero) is 1. The summed E-state index contributed by atoms with van der Waals surface area (Å²) in [5.74, 6) is 0.834. The second-order valence-electron chi connectivity index (χ2n) is 10.2. The lowest BCUT2D eigenvalue weighted by atomic mass is 9.97. The van der Waals surface area contributed by atoms with Crippen LogP contribution in [-0.2, 0) is 13.0 Å². The van der Waals surface area contributed by atoms with E-state index in [4.69, 9.17) is 26.8 Å². The van der Waals surface area contributed by atoms with Crippen molar-refractivity contribution in [2.45, 2.75) is 19.1 Å². The Bertz CT molecular complexity index is 1920. The molecule has 0 fully saturated rings. The number of alkyl halides is 3. The average molecular weight is 634 g/mol. The summed E-state index contributed by atoms with van der Waals surface area (Å²) >= 11 is 5.94. The van der Waals surface area contributed by atoms with Crippen molar-refractivity contribution in [1.29, 1.82) is 0 Å². The molecule has 11 heteroatoms. The third-order valence-electron chi connectivity index (χ3n) is 7.16. The molecular weight excluding hydrogens is 607 g/mol. The van der Waals surface area contributed by atoms with Gasteiger partial charge in [0.1, 0.15) is 12.4 Å². The van der Waals surface area contributed by atoms with Gasteiger partial charge in [-0.3, -0.25) is 9.59 Å². The van der Waals surface area contributed by atoms with Crippen molar-refractivity contribution in [3.63, 3.8) is 0 Å². The number of carbonyl (C=O) groups excluding carboxylic acids is 1. The first-order valence-corrected chi connectivity index (χ1v) is 14.0. The van der Waals surface area contributed by atoms with Gasteiger partial charge in [-0.05, 0) is 52.6 Å². The van der Waals surface area contributed by atoms with Crippen molar-refractivity contribution in [2.24, 2.45) is 0 Å². The number of ether oxygens (including phenoxy) is 2. The molecular formula is C34H27ClF3N3O4. The van der Waals surface area contributed by atoms with Gasteiger partial charge in [0.05, 0.1) is 19.8 Å². The van der Waals surface area contributed by atoms with E-state index in [0.29, 0.717) is 39.0 Å². The van der Waals surface area contributed by atoms with Gasteiger partial charge in [-0.15, -0.1) is 0 Å². The van der Waals surface area contributed by atoms with E-state index in [-0.39, 0.29) is 17.5 Å². The molecule has 0 bridgehead atoms. The van der Waals surface area contributed by atoms with Crippen molar-refractivity contribution < 1.29 is 27.4 Å². The third-order valence-corrected chi connectivity index (χ3v) is 7.41. The van der Waals surface area contributed by atoms with Crippen LogP contribution in [0.2, 0.25) is 5.02 Å². The number of halogens is 4. The molecule has 2 N–H and O–H groups in total. The maximum absolute atomic E-state index is 13.3. The molecule has 0 atom stereocenters. The highest BCUT2D eigenvalue weighted by Gasteiger charge is 2.29. The van der Waals surface area contributed by atoms with Crippen LogP contribution in [0, 0.1) is 0 Å². The molecule has 5 aromatic rings. The van der Waals surface area contributed by atoms with E-state index in [2.05, 4.69) is 4.98 Å². The Labute approximate surface area is 261 Å². The molecule has 2 aromatic heterocycles. The first kappa shape index (κ1) is 31.3. The van der Waals surface area contributed by atoms with E-state index in [1.54, 1.807) is 50.7 Å². The number of benzene rings is 3. The third kappa shape index (κ3) is 7.18. The Morgan fingerprint density at radius 2 is 1.47 bits per heavy atom. The summed E-state index contributed by atoms with van der Waals surface area (Å²) in [5.41, 5.74) is 9.09. The lowest BCUT2D eigenvalue weighted by molar-refractivity contribution is -0.140. The van der Waals surface area contributed by atoms with Crippen molar-refractivity contribution in [3.8, 4) is 44.9 Å². The van der Waals surface area contributed by atoms with Crippen molar-refractivity contribution in [1.82, 2.24) is 9.55 Å². The normalized spacial score (nSPS) is 11.3. The molecule has 0 spiro atoms. The molecule has 0 aliphatic heterocycles. The largest absolute Gasteiger partial charge is 0.493 e. The molecule has 0 saturated carbocycles. The number of aromatic nitrogens is 2. The number of hydrogen-bond acceptors (Lipinski definition) is 6. The fraction of sp³-hybridized carbons (Fsp3) is 0.147. The van der Waals surface area contributed by atoms with Crippen molar-refractivity contribution >= 4 is 23.2 Å². The molecule has 3 aromatic carbocycles. The number of rotatable bonds is 9. The number of nitrogens with zero attached hydrogens (tertiary/aromatic N) is 2. The van der Waals surface area contributed by atoms with Crippen LogP contribution in [-0.4, -0.2) is 35.7 Å². The first-order valence-electron chi connectivity index (χ1n) is 13.6. The molecule has 0 amide bonds. The molecule has 230 valence electrons. The number of hydrogen-bond donors (Lipinski definition) is 1. The first-order chi connectivity index (χ1) is 21.5. The number of nitrogen functional groups attached to an aromatic ring is 1. The van der Waals surface area contributed by atoms with Gasteiger partial charge in [-0.25, -0.2) is 4.98 Å². The molecule has 2 heterocycles. The second kappa shape index (κ2) is 12.9. The SMILES string of the molecule is COc1ccc(-c2cnc(N)c(-c3ccc(CC(=O)c4cn(CC(F)(F)F)cc(-c5ccc(Cl)cc5)c4=O)cc3)c2)cc1OC. The molecule has 5 rings (SSSR count). The van der Waals surface area contributed by atoms with Crippen LogP contribution in [0.15, 0.2) is 96.2 Å². The standard InChI is InChI=1S/C34H27ClF3N3O4/c1-44-30-12-9-23(15-31(30)45-2)24-14-26(33(39)40-16-24)21-5-3-20(4-6-21)13-29(42)28-18-41(19-34(36,37)38)17-27(32(28)43)22-7-10-25(35)11-8-22/h3-12,14-18H,13,19H2,1-2H3,(H2,39,40). The summed E-state index contributed by atoms with van der Waals surface area (Å²) in [4.78, 5) is 31.0. The van der Waals surface area contributed by atoms with Crippen LogP contribution in [0.1, 0.15) is 15.9 Å². The summed E-state index contributed by atoms with van der Waals surface area (Å²) in [7, 11) is 3.11. The van der Waals surface area contributed by atoms with Gasteiger partial charge < -0.3 is 19.8 Å². The molecule has 0 aliphatic rings. The van der Waals surface area contributed by atoms with Gasteiger partial charge in [0.15, 0.2) is 22.7 Å². The van der Waals surface area contributed by atoms with Gasteiger partial charge in [-0.2, -0.15) is 13.2 Å². The minimum Gasteiger partial charge on any atom is -0.493 e. The van der Waals surface area contributed by atoms with Crippen molar-refractivity contribution in [2.75, 3.05) is 20.0 Å². The Hall–Kier alpha value is -5.09. The van der Waals surface area contributed by atoms with Crippen LogP contribution in [0.25, 0.3) is 33.4 Å².